The highest BCUT2D eigenvalue weighted by Crippen LogP contribution is 2.29. The van der Waals surface area contributed by atoms with Gasteiger partial charge in [0.05, 0.1) is 5.56 Å². The molecule has 0 aliphatic heterocycles. The Morgan fingerprint density at radius 1 is 0.700 bits per heavy atom. The second-order valence-corrected chi connectivity index (χ2v) is 3.94. The van der Waals surface area contributed by atoms with E-state index in [4.69, 9.17) is 0 Å². The Bertz CT molecular complexity index is 705. The summed E-state index contributed by atoms with van der Waals surface area (Å²) in [6.07, 6.45) is -4.35. The first-order valence-electron chi connectivity index (χ1n) is 5.80. The van der Waals surface area contributed by atoms with E-state index in [0.717, 1.165) is 17.7 Å². The van der Waals surface area contributed by atoms with Gasteiger partial charge in [0.25, 0.3) is 0 Å². The van der Waals surface area contributed by atoms with Gasteiger partial charge in [-0.25, -0.2) is 0 Å². The van der Waals surface area contributed by atoms with E-state index in [1.54, 1.807) is 0 Å². The van der Waals surface area contributed by atoms with Gasteiger partial charge in [-0.2, -0.15) is 13.2 Å². The maximum absolute atomic E-state index is 12.5. The van der Waals surface area contributed by atoms with E-state index in [0.29, 0.717) is 5.56 Å². The van der Waals surface area contributed by atoms with Crippen LogP contribution in [0.15, 0.2) is 54.6 Å². The largest absolute Gasteiger partial charge is 0.416 e. The van der Waals surface area contributed by atoms with Crippen molar-refractivity contribution in [3.63, 3.8) is 0 Å². The lowest BCUT2D eigenvalue weighted by Crippen LogP contribution is -2.04. The van der Waals surface area contributed by atoms with E-state index in [9.17, 15) is 13.2 Å². The Morgan fingerprint density at radius 3 is 1.95 bits per heavy atom. The van der Waals surface area contributed by atoms with Crippen molar-refractivity contribution in [2.45, 2.75) is 6.18 Å². The molecule has 0 aliphatic carbocycles. The molecule has 0 fully saturated rings. The molecule has 0 saturated carbocycles. The highest BCUT2D eigenvalue weighted by molar-refractivity contribution is 5.45. The first-order valence-corrected chi connectivity index (χ1v) is 5.80. The van der Waals surface area contributed by atoms with Gasteiger partial charge in [-0.1, -0.05) is 36.1 Å². The molecule has 0 atom stereocenters. The van der Waals surface area contributed by atoms with Gasteiger partial charge in [0.1, 0.15) is 0 Å². The monoisotopic (exact) mass is 270 g/mol. The first kappa shape index (κ1) is 13.8. The van der Waals surface area contributed by atoms with E-state index >= 15 is 0 Å². The lowest BCUT2D eigenvalue weighted by atomic mass is 10.1. The summed E-state index contributed by atoms with van der Waals surface area (Å²) in [4.78, 5) is 0. The van der Waals surface area contributed by atoms with Crippen molar-refractivity contribution in [3.8, 4) is 23.7 Å². The van der Waals surface area contributed by atoms with Crippen LogP contribution < -0.4 is 0 Å². The molecule has 3 heteroatoms. The summed E-state index contributed by atoms with van der Waals surface area (Å²) in [6.45, 7) is 0. The van der Waals surface area contributed by atoms with Crippen LogP contribution in [0.2, 0.25) is 0 Å². The Labute approximate surface area is 115 Å². The van der Waals surface area contributed by atoms with Crippen molar-refractivity contribution in [1.29, 1.82) is 0 Å². The number of alkyl halides is 3. The molecular weight excluding hydrogens is 261 g/mol. The molecule has 0 amide bonds. The number of hydrogen-bond acceptors (Lipinski definition) is 0. The number of halogens is 3. The highest BCUT2D eigenvalue weighted by Gasteiger charge is 2.30. The zero-order valence-electron chi connectivity index (χ0n) is 10.3. The molecule has 0 aliphatic rings. The van der Waals surface area contributed by atoms with Gasteiger partial charge in [0.2, 0.25) is 0 Å². The Hall–Kier alpha value is -2.65. The van der Waals surface area contributed by atoms with Gasteiger partial charge in [-0.15, -0.1) is 0 Å². The van der Waals surface area contributed by atoms with Crippen LogP contribution >= 0.6 is 0 Å². The molecule has 2 rings (SSSR count). The van der Waals surface area contributed by atoms with Gasteiger partial charge >= 0.3 is 6.18 Å². The molecular formula is C17H9F3. The van der Waals surface area contributed by atoms with Crippen molar-refractivity contribution in [2.75, 3.05) is 0 Å². The maximum atomic E-state index is 12.5. The summed E-state index contributed by atoms with van der Waals surface area (Å²) in [5.41, 5.74) is 0.397. The molecule has 0 bridgehead atoms. The highest BCUT2D eigenvalue weighted by atomic mass is 19.4. The summed E-state index contributed by atoms with van der Waals surface area (Å²) < 4.78 is 37.5. The van der Waals surface area contributed by atoms with Crippen molar-refractivity contribution in [3.05, 3.63) is 71.3 Å². The third-order valence-corrected chi connectivity index (χ3v) is 2.44. The molecule has 0 N–H and O–H groups in total. The van der Waals surface area contributed by atoms with E-state index < -0.39 is 11.7 Å². The number of rotatable bonds is 0. The molecule has 0 spiro atoms. The average molecular weight is 270 g/mol. The molecule has 2 aromatic rings. The summed E-state index contributed by atoms with van der Waals surface area (Å²) in [5.74, 6) is 10.6. The maximum Gasteiger partial charge on any atom is 0.416 e. The summed E-state index contributed by atoms with van der Waals surface area (Å²) in [6, 6.07) is 14.1. The minimum Gasteiger partial charge on any atom is -0.166 e. The van der Waals surface area contributed by atoms with Crippen molar-refractivity contribution < 1.29 is 13.2 Å². The molecule has 0 saturated heterocycles. The molecule has 0 unspecified atom stereocenters. The molecule has 20 heavy (non-hydrogen) atoms. The van der Waals surface area contributed by atoms with E-state index in [1.165, 1.54) is 12.1 Å². The minimum absolute atomic E-state index is 0.294. The van der Waals surface area contributed by atoms with Crippen molar-refractivity contribution in [2.24, 2.45) is 0 Å². The van der Waals surface area contributed by atoms with Crippen LogP contribution in [0.3, 0.4) is 0 Å². The predicted molar refractivity (Wildman–Crippen MR) is 71.6 cm³/mol. The van der Waals surface area contributed by atoms with Crippen LogP contribution in [-0.2, 0) is 6.18 Å². The lowest BCUT2D eigenvalue weighted by molar-refractivity contribution is -0.137. The number of benzene rings is 2. The van der Waals surface area contributed by atoms with Gasteiger partial charge in [0.15, 0.2) is 0 Å². The Balaban J connectivity index is 2.16. The third-order valence-electron chi connectivity index (χ3n) is 2.44. The van der Waals surface area contributed by atoms with Gasteiger partial charge < -0.3 is 0 Å². The van der Waals surface area contributed by atoms with Crippen LogP contribution in [-0.4, -0.2) is 0 Å². The first-order chi connectivity index (χ1) is 9.55. The van der Waals surface area contributed by atoms with Crippen molar-refractivity contribution in [1.82, 2.24) is 0 Å². The fourth-order valence-corrected chi connectivity index (χ4v) is 1.50. The lowest BCUT2D eigenvalue weighted by Gasteiger charge is -2.05. The quantitative estimate of drug-likeness (QED) is 0.632. The second-order valence-electron chi connectivity index (χ2n) is 3.94. The third kappa shape index (κ3) is 3.93. The zero-order chi connectivity index (χ0) is 14.4. The standard InChI is InChI=1S/C17H9F3/c18-17(19,20)16-12-6-11-15(13-16)10-5-4-9-14-7-2-1-3-8-14/h1-3,6-8,11-13H. The SMILES string of the molecule is FC(F)(F)c1cccc(C#CC#Cc2ccccc2)c1. The predicted octanol–water partition coefficient (Wildman–Crippen LogP) is 4.11. The summed E-state index contributed by atoms with van der Waals surface area (Å²) in [7, 11) is 0. The zero-order valence-corrected chi connectivity index (χ0v) is 10.3. The molecule has 2 aromatic carbocycles. The van der Waals surface area contributed by atoms with Gasteiger partial charge in [-0.3, -0.25) is 0 Å². The fourth-order valence-electron chi connectivity index (χ4n) is 1.50. The molecule has 0 radical (unpaired) electrons. The van der Waals surface area contributed by atoms with Crippen LogP contribution in [0.25, 0.3) is 0 Å². The van der Waals surface area contributed by atoms with Crippen LogP contribution in [0.1, 0.15) is 16.7 Å². The summed E-state index contributed by atoms with van der Waals surface area (Å²) >= 11 is 0. The van der Waals surface area contributed by atoms with Gasteiger partial charge in [0, 0.05) is 11.1 Å². The summed E-state index contributed by atoms with van der Waals surface area (Å²) in [5, 5.41) is 0. The smallest absolute Gasteiger partial charge is 0.166 e. The Morgan fingerprint density at radius 2 is 1.30 bits per heavy atom. The molecule has 0 nitrogen and oxygen atoms in total. The fraction of sp³-hybridized carbons (Fsp3) is 0.0588. The Kier molecular flexibility index (Phi) is 4.13. The molecule has 0 heterocycles. The number of hydrogen-bond donors (Lipinski definition) is 0. The van der Waals surface area contributed by atoms with Crippen LogP contribution in [0.4, 0.5) is 13.2 Å². The normalized spacial score (nSPS) is 9.95. The van der Waals surface area contributed by atoms with Crippen LogP contribution in [0.5, 0.6) is 0 Å². The topological polar surface area (TPSA) is 0 Å². The second kappa shape index (κ2) is 5.99. The van der Waals surface area contributed by atoms with E-state index in [2.05, 4.69) is 23.7 Å². The minimum atomic E-state index is -4.35. The average Bonchev–Trinajstić information content (AvgIpc) is 2.44. The van der Waals surface area contributed by atoms with Crippen molar-refractivity contribution >= 4 is 0 Å². The van der Waals surface area contributed by atoms with Crippen LogP contribution in [0, 0.1) is 23.7 Å². The molecule has 98 valence electrons. The van der Waals surface area contributed by atoms with Gasteiger partial charge in [-0.05, 0) is 42.2 Å². The molecule has 0 aromatic heterocycles. The van der Waals surface area contributed by atoms with E-state index in [1.807, 2.05) is 30.3 Å². The van der Waals surface area contributed by atoms with E-state index in [-0.39, 0.29) is 0 Å².